The predicted octanol–water partition coefficient (Wildman–Crippen LogP) is 3.59. The zero-order valence-corrected chi connectivity index (χ0v) is 10.3. The van der Waals surface area contributed by atoms with Gasteiger partial charge in [-0.05, 0) is 38.0 Å². The molecule has 1 saturated carbocycles. The molecule has 0 saturated heterocycles. The Labute approximate surface area is 89.7 Å². The minimum absolute atomic E-state index is 0.711. The van der Waals surface area contributed by atoms with Crippen molar-refractivity contribution in [3.05, 3.63) is 0 Å². The number of rotatable bonds is 7. The summed E-state index contributed by atoms with van der Waals surface area (Å²) in [5.41, 5.74) is 0. The molecule has 1 aliphatic rings. The molecule has 1 nitrogen and oxygen atoms in total. The van der Waals surface area contributed by atoms with E-state index in [1.54, 1.807) is 0 Å². The zero-order chi connectivity index (χ0) is 10.6. The fourth-order valence-electron chi connectivity index (χ4n) is 2.14. The second-order valence-corrected chi connectivity index (χ2v) is 5.13. The van der Waals surface area contributed by atoms with Gasteiger partial charge in [0.2, 0.25) is 0 Å². The van der Waals surface area contributed by atoms with Crippen LogP contribution in [-0.4, -0.2) is 12.1 Å². The van der Waals surface area contributed by atoms with E-state index in [2.05, 4.69) is 33.0 Å². The molecule has 1 aliphatic carbocycles. The molecule has 2 unspecified atom stereocenters. The molecule has 0 spiro atoms. The van der Waals surface area contributed by atoms with Crippen molar-refractivity contribution < 1.29 is 0 Å². The molecule has 0 aromatic rings. The van der Waals surface area contributed by atoms with Crippen LogP contribution in [-0.2, 0) is 0 Å². The van der Waals surface area contributed by atoms with Gasteiger partial charge in [0.25, 0.3) is 0 Å². The Hall–Kier alpha value is -0.0400. The molecule has 0 bridgehead atoms. The van der Waals surface area contributed by atoms with Crippen molar-refractivity contribution in [2.24, 2.45) is 11.8 Å². The van der Waals surface area contributed by atoms with Gasteiger partial charge in [0, 0.05) is 12.1 Å². The first-order chi connectivity index (χ1) is 6.67. The van der Waals surface area contributed by atoms with Gasteiger partial charge < -0.3 is 5.32 Å². The van der Waals surface area contributed by atoms with Crippen LogP contribution in [0.4, 0.5) is 0 Å². The molecule has 1 heteroatoms. The van der Waals surface area contributed by atoms with Crippen LogP contribution in [0.3, 0.4) is 0 Å². The highest BCUT2D eigenvalue weighted by molar-refractivity contribution is 4.85. The Morgan fingerprint density at radius 2 is 1.71 bits per heavy atom. The van der Waals surface area contributed by atoms with E-state index in [9.17, 15) is 0 Å². The van der Waals surface area contributed by atoms with Gasteiger partial charge in [-0.3, -0.25) is 0 Å². The van der Waals surface area contributed by atoms with Gasteiger partial charge in [0.1, 0.15) is 0 Å². The Kier molecular flexibility index (Phi) is 4.94. The van der Waals surface area contributed by atoms with Gasteiger partial charge in [-0.15, -0.1) is 0 Å². The molecule has 0 aromatic heterocycles. The number of hydrogen-bond acceptors (Lipinski definition) is 1. The van der Waals surface area contributed by atoms with Crippen molar-refractivity contribution in [3.63, 3.8) is 0 Å². The molecular formula is C13H27N. The zero-order valence-electron chi connectivity index (χ0n) is 10.3. The first kappa shape index (κ1) is 12.0. The molecule has 2 atom stereocenters. The Morgan fingerprint density at radius 1 is 1.14 bits per heavy atom. The maximum absolute atomic E-state index is 3.71. The summed E-state index contributed by atoms with van der Waals surface area (Å²) < 4.78 is 0. The molecule has 84 valence electrons. The van der Waals surface area contributed by atoms with Crippen LogP contribution < -0.4 is 5.32 Å². The van der Waals surface area contributed by atoms with Crippen LogP contribution in [0.15, 0.2) is 0 Å². The van der Waals surface area contributed by atoms with Gasteiger partial charge in [0.05, 0.1) is 0 Å². The molecule has 1 fully saturated rings. The van der Waals surface area contributed by atoms with Crippen molar-refractivity contribution in [1.29, 1.82) is 0 Å². The molecule has 0 radical (unpaired) electrons. The molecule has 0 heterocycles. The first-order valence-electron chi connectivity index (χ1n) is 6.43. The second kappa shape index (κ2) is 5.75. The summed E-state index contributed by atoms with van der Waals surface area (Å²) >= 11 is 0. The molecular weight excluding hydrogens is 170 g/mol. The highest BCUT2D eigenvalue weighted by Crippen LogP contribution is 2.24. The van der Waals surface area contributed by atoms with Crippen molar-refractivity contribution >= 4 is 0 Å². The standard InChI is InChI=1S/C13H27N/c1-5-12(6-2)9-10(3)11(4)14-13-7-8-13/h10-14H,5-9H2,1-4H3. The van der Waals surface area contributed by atoms with Crippen LogP contribution in [0.5, 0.6) is 0 Å². The van der Waals surface area contributed by atoms with Gasteiger partial charge >= 0.3 is 0 Å². The summed E-state index contributed by atoms with van der Waals surface area (Å²) in [6.45, 7) is 9.39. The SMILES string of the molecule is CCC(CC)CC(C)C(C)NC1CC1. The minimum Gasteiger partial charge on any atom is -0.311 e. The van der Waals surface area contributed by atoms with Crippen LogP contribution >= 0.6 is 0 Å². The predicted molar refractivity (Wildman–Crippen MR) is 63.5 cm³/mol. The van der Waals surface area contributed by atoms with Crippen molar-refractivity contribution in [2.75, 3.05) is 0 Å². The van der Waals surface area contributed by atoms with E-state index in [0.29, 0.717) is 6.04 Å². The van der Waals surface area contributed by atoms with Crippen LogP contribution in [0.25, 0.3) is 0 Å². The lowest BCUT2D eigenvalue weighted by Gasteiger charge is -2.25. The van der Waals surface area contributed by atoms with Crippen LogP contribution in [0, 0.1) is 11.8 Å². The van der Waals surface area contributed by atoms with Gasteiger partial charge in [0.15, 0.2) is 0 Å². The maximum Gasteiger partial charge on any atom is 0.00708 e. The van der Waals surface area contributed by atoms with E-state index in [4.69, 9.17) is 0 Å². The largest absolute Gasteiger partial charge is 0.311 e. The number of hydrogen-bond donors (Lipinski definition) is 1. The van der Waals surface area contributed by atoms with Crippen molar-refractivity contribution in [3.8, 4) is 0 Å². The highest BCUT2D eigenvalue weighted by atomic mass is 15.0. The average molecular weight is 197 g/mol. The summed E-state index contributed by atoms with van der Waals surface area (Å²) in [6, 6.07) is 1.57. The summed E-state index contributed by atoms with van der Waals surface area (Å²) in [6.07, 6.45) is 6.89. The average Bonchev–Trinajstić information content (AvgIpc) is 2.97. The summed E-state index contributed by atoms with van der Waals surface area (Å²) in [7, 11) is 0. The van der Waals surface area contributed by atoms with E-state index < -0.39 is 0 Å². The van der Waals surface area contributed by atoms with E-state index in [1.165, 1.54) is 32.1 Å². The monoisotopic (exact) mass is 197 g/mol. The van der Waals surface area contributed by atoms with E-state index in [-0.39, 0.29) is 0 Å². The smallest absolute Gasteiger partial charge is 0.00708 e. The van der Waals surface area contributed by atoms with Crippen molar-refractivity contribution in [2.45, 2.75) is 71.9 Å². The lowest BCUT2D eigenvalue weighted by Crippen LogP contribution is -2.34. The third-order valence-electron chi connectivity index (χ3n) is 3.79. The fourth-order valence-corrected chi connectivity index (χ4v) is 2.14. The highest BCUT2D eigenvalue weighted by Gasteiger charge is 2.25. The Morgan fingerprint density at radius 3 is 2.14 bits per heavy atom. The molecule has 0 amide bonds. The minimum atomic E-state index is 0.711. The van der Waals surface area contributed by atoms with Gasteiger partial charge in [-0.1, -0.05) is 33.6 Å². The molecule has 14 heavy (non-hydrogen) atoms. The van der Waals surface area contributed by atoms with Crippen LogP contribution in [0.2, 0.25) is 0 Å². The number of nitrogens with one attached hydrogen (secondary N) is 1. The first-order valence-corrected chi connectivity index (χ1v) is 6.43. The molecule has 0 aliphatic heterocycles. The normalized spacial score (nSPS) is 21.2. The summed E-state index contributed by atoms with van der Waals surface area (Å²) in [5, 5.41) is 3.71. The maximum atomic E-state index is 3.71. The summed E-state index contributed by atoms with van der Waals surface area (Å²) in [5.74, 6) is 1.77. The van der Waals surface area contributed by atoms with Crippen molar-refractivity contribution in [1.82, 2.24) is 5.32 Å². The van der Waals surface area contributed by atoms with Crippen LogP contribution in [0.1, 0.15) is 59.8 Å². The van der Waals surface area contributed by atoms with Gasteiger partial charge in [-0.2, -0.15) is 0 Å². The molecule has 1 N–H and O–H groups in total. The van der Waals surface area contributed by atoms with Gasteiger partial charge in [-0.25, -0.2) is 0 Å². The third-order valence-corrected chi connectivity index (χ3v) is 3.79. The lowest BCUT2D eigenvalue weighted by molar-refractivity contribution is 0.306. The fraction of sp³-hybridized carbons (Fsp3) is 1.00. The Balaban J connectivity index is 2.20. The quantitative estimate of drug-likeness (QED) is 0.657. The molecule has 0 aromatic carbocycles. The topological polar surface area (TPSA) is 12.0 Å². The van der Waals surface area contributed by atoms with E-state index in [1.807, 2.05) is 0 Å². The lowest BCUT2D eigenvalue weighted by atomic mass is 9.88. The molecule has 1 rings (SSSR count). The Bertz CT molecular complexity index is 147. The second-order valence-electron chi connectivity index (χ2n) is 5.13. The summed E-state index contributed by atoms with van der Waals surface area (Å²) in [4.78, 5) is 0. The third kappa shape index (κ3) is 4.00. The van der Waals surface area contributed by atoms with E-state index in [0.717, 1.165) is 17.9 Å². The van der Waals surface area contributed by atoms with E-state index >= 15 is 0 Å².